The molecular formula is C32H31NO2. The van der Waals surface area contributed by atoms with Crippen LogP contribution in [0.15, 0.2) is 103 Å². The van der Waals surface area contributed by atoms with E-state index in [2.05, 4.69) is 43.8 Å². The van der Waals surface area contributed by atoms with Gasteiger partial charge < -0.3 is 14.3 Å². The van der Waals surface area contributed by atoms with Gasteiger partial charge in [-0.3, -0.25) is 0 Å². The van der Waals surface area contributed by atoms with Gasteiger partial charge in [-0.05, 0) is 30.0 Å². The summed E-state index contributed by atoms with van der Waals surface area (Å²) in [6.07, 6.45) is -0.455. The molecule has 0 N–H and O–H groups in total. The third kappa shape index (κ3) is 6.11. The maximum Gasteiger partial charge on any atom is 0.289 e. The van der Waals surface area contributed by atoms with Gasteiger partial charge in [-0.15, -0.1) is 0 Å². The first-order valence-corrected chi connectivity index (χ1v) is 12.0. The Morgan fingerprint density at radius 3 is 2.06 bits per heavy atom. The van der Waals surface area contributed by atoms with E-state index in [0.29, 0.717) is 18.3 Å². The highest BCUT2D eigenvalue weighted by atomic mass is 16.5. The van der Waals surface area contributed by atoms with E-state index in [-0.39, 0.29) is 0 Å². The van der Waals surface area contributed by atoms with Crippen molar-refractivity contribution < 1.29 is 9.47 Å². The van der Waals surface area contributed by atoms with Crippen LogP contribution in [0, 0.1) is 13.5 Å². The summed E-state index contributed by atoms with van der Waals surface area (Å²) >= 11 is 0. The van der Waals surface area contributed by atoms with E-state index < -0.39 is 12.1 Å². The molecule has 2 atom stereocenters. The smallest absolute Gasteiger partial charge is 0.289 e. The normalized spacial score (nSPS) is 12.5. The van der Waals surface area contributed by atoms with Crippen molar-refractivity contribution in [3.63, 3.8) is 0 Å². The topological polar surface area (TPSA) is 22.8 Å². The maximum absolute atomic E-state index is 8.01. The molecule has 3 nitrogen and oxygen atoms in total. The van der Waals surface area contributed by atoms with Crippen molar-refractivity contribution >= 4 is 0 Å². The summed E-state index contributed by atoms with van der Waals surface area (Å²) in [6.45, 7) is 14.9. The van der Waals surface area contributed by atoms with Gasteiger partial charge in [-0.25, -0.2) is 6.57 Å². The Hall–Kier alpha value is -4.03. The first kappa shape index (κ1) is 24.1. The lowest BCUT2D eigenvalue weighted by Gasteiger charge is -2.23. The molecule has 4 rings (SSSR count). The average Bonchev–Trinajstić information content (AvgIpc) is 2.89. The second kappa shape index (κ2) is 11.4. The summed E-state index contributed by atoms with van der Waals surface area (Å²) in [7, 11) is 0. The van der Waals surface area contributed by atoms with Crippen LogP contribution in [-0.4, -0.2) is 0 Å². The second-order valence-corrected chi connectivity index (χ2v) is 9.06. The molecule has 2 unspecified atom stereocenters. The number of ether oxygens (including phenoxy) is 2. The summed E-state index contributed by atoms with van der Waals surface area (Å²) in [5, 5.41) is 0. The molecule has 0 radical (unpaired) electrons. The highest BCUT2D eigenvalue weighted by Crippen LogP contribution is 2.39. The van der Waals surface area contributed by atoms with E-state index in [9.17, 15) is 0 Å². The van der Waals surface area contributed by atoms with Gasteiger partial charge in [0.15, 0.2) is 0 Å². The molecular weight excluding hydrogens is 430 g/mol. The van der Waals surface area contributed by atoms with E-state index in [1.165, 1.54) is 5.56 Å². The molecule has 0 aliphatic heterocycles. The van der Waals surface area contributed by atoms with Crippen molar-refractivity contribution in [2.75, 3.05) is 0 Å². The Morgan fingerprint density at radius 2 is 1.43 bits per heavy atom. The zero-order valence-electron chi connectivity index (χ0n) is 20.5. The molecule has 0 amide bonds. The largest absolute Gasteiger partial charge is 0.488 e. The third-order valence-electron chi connectivity index (χ3n) is 6.08. The number of nitrogens with zero attached hydrogens (tertiary/aromatic N) is 1. The van der Waals surface area contributed by atoms with E-state index in [1.54, 1.807) is 0 Å². The van der Waals surface area contributed by atoms with Gasteiger partial charge in [-0.1, -0.05) is 110 Å². The molecule has 4 aromatic rings. The number of hydrogen-bond acceptors (Lipinski definition) is 2. The molecule has 0 fully saturated rings. The average molecular weight is 462 g/mol. The highest BCUT2D eigenvalue weighted by molar-refractivity contribution is 5.43. The Morgan fingerprint density at radius 1 is 0.771 bits per heavy atom. The molecule has 0 bridgehead atoms. The fourth-order valence-electron chi connectivity index (χ4n) is 4.11. The molecule has 0 saturated carbocycles. The van der Waals surface area contributed by atoms with Crippen LogP contribution in [0.4, 0.5) is 0 Å². The molecule has 3 heteroatoms. The number of rotatable bonds is 9. The van der Waals surface area contributed by atoms with E-state index in [1.807, 2.05) is 84.9 Å². The first-order chi connectivity index (χ1) is 17.0. The van der Waals surface area contributed by atoms with E-state index in [4.69, 9.17) is 16.0 Å². The van der Waals surface area contributed by atoms with Gasteiger partial charge in [0, 0.05) is 17.2 Å². The minimum Gasteiger partial charge on any atom is -0.488 e. The minimum atomic E-state index is -0.475. The standard InChI is InChI=1S/C32H31NO2/c1-23(2)29-20-19-28(21-30(29)34-22-25-11-7-5-8-12-25)35-32(27-13-9-6-10-14-27)31(33-4)26-17-15-24(3)16-18-26/h5-21,23,31-32H,22H2,1-3H3. The van der Waals surface area contributed by atoms with Crippen LogP contribution >= 0.6 is 0 Å². The van der Waals surface area contributed by atoms with Crippen LogP contribution in [0.3, 0.4) is 0 Å². The minimum absolute atomic E-state index is 0.309. The third-order valence-corrected chi connectivity index (χ3v) is 6.08. The molecule has 0 aliphatic rings. The molecule has 0 aromatic heterocycles. The van der Waals surface area contributed by atoms with Gasteiger partial charge in [0.1, 0.15) is 18.1 Å². The van der Waals surface area contributed by atoms with Crippen LogP contribution in [-0.2, 0) is 6.61 Å². The van der Waals surface area contributed by atoms with Crippen molar-refractivity contribution in [3.8, 4) is 11.5 Å². The second-order valence-electron chi connectivity index (χ2n) is 9.06. The van der Waals surface area contributed by atoms with Crippen molar-refractivity contribution in [2.24, 2.45) is 0 Å². The van der Waals surface area contributed by atoms with Gasteiger partial charge in [0.2, 0.25) is 6.10 Å². The van der Waals surface area contributed by atoms with E-state index in [0.717, 1.165) is 28.0 Å². The SMILES string of the molecule is [C-]#[N+]C(c1ccc(C)cc1)C(Oc1ccc(C(C)C)c(OCc2ccccc2)c1)c1ccccc1. The van der Waals surface area contributed by atoms with Gasteiger partial charge in [-0.2, -0.15) is 0 Å². The predicted octanol–water partition coefficient (Wildman–Crippen LogP) is 8.48. The lowest BCUT2D eigenvalue weighted by Crippen LogP contribution is -2.15. The Balaban J connectivity index is 1.67. The Kier molecular flexibility index (Phi) is 7.85. The van der Waals surface area contributed by atoms with Crippen molar-refractivity contribution in [1.29, 1.82) is 0 Å². The summed E-state index contributed by atoms with van der Waals surface area (Å²) in [5.74, 6) is 1.80. The molecule has 0 saturated heterocycles. The highest BCUT2D eigenvalue weighted by Gasteiger charge is 2.32. The summed E-state index contributed by atoms with van der Waals surface area (Å²) in [4.78, 5) is 4.00. The fraction of sp³-hybridized carbons (Fsp3) is 0.219. The van der Waals surface area contributed by atoms with Crippen LogP contribution in [0.1, 0.15) is 59.7 Å². The number of benzene rings is 4. The quantitative estimate of drug-likeness (QED) is 0.233. The van der Waals surface area contributed by atoms with Gasteiger partial charge in [0.05, 0.1) is 0 Å². The molecule has 4 aromatic carbocycles. The van der Waals surface area contributed by atoms with Crippen LogP contribution in [0.5, 0.6) is 11.5 Å². The molecule has 0 heterocycles. The summed E-state index contributed by atoms with van der Waals surface area (Å²) in [6, 6.07) is 33.8. The summed E-state index contributed by atoms with van der Waals surface area (Å²) in [5.41, 5.74) is 5.32. The Labute approximate surface area is 208 Å². The number of aryl methyl sites for hydroxylation is 1. The number of hydrogen-bond donors (Lipinski definition) is 0. The van der Waals surface area contributed by atoms with Crippen LogP contribution in [0.25, 0.3) is 4.85 Å². The van der Waals surface area contributed by atoms with E-state index >= 15 is 0 Å². The van der Waals surface area contributed by atoms with Crippen molar-refractivity contribution in [2.45, 2.75) is 45.4 Å². The zero-order chi connectivity index (χ0) is 24.6. The van der Waals surface area contributed by atoms with Crippen LogP contribution < -0.4 is 9.47 Å². The predicted molar refractivity (Wildman–Crippen MR) is 142 cm³/mol. The first-order valence-electron chi connectivity index (χ1n) is 12.0. The molecule has 35 heavy (non-hydrogen) atoms. The fourth-order valence-corrected chi connectivity index (χ4v) is 4.11. The monoisotopic (exact) mass is 461 g/mol. The lowest BCUT2D eigenvalue weighted by atomic mass is 9.95. The molecule has 0 aliphatic carbocycles. The van der Waals surface area contributed by atoms with Gasteiger partial charge in [0.25, 0.3) is 6.04 Å². The van der Waals surface area contributed by atoms with Gasteiger partial charge >= 0.3 is 0 Å². The zero-order valence-corrected chi connectivity index (χ0v) is 20.5. The van der Waals surface area contributed by atoms with Crippen LogP contribution in [0.2, 0.25) is 0 Å². The van der Waals surface area contributed by atoms with Crippen molar-refractivity contribution in [1.82, 2.24) is 0 Å². The van der Waals surface area contributed by atoms with Crippen molar-refractivity contribution in [3.05, 3.63) is 142 Å². The maximum atomic E-state index is 8.01. The summed E-state index contributed by atoms with van der Waals surface area (Å²) < 4.78 is 12.8. The molecule has 176 valence electrons. The molecule has 0 spiro atoms. The Bertz CT molecular complexity index is 1260. The lowest BCUT2D eigenvalue weighted by molar-refractivity contribution is 0.187.